The minimum atomic E-state index is -0.670. The highest BCUT2D eigenvalue weighted by molar-refractivity contribution is 5.86. The molecule has 2 aromatic rings. The minimum Gasteiger partial charge on any atom is -0.467 e. The second-order valence-corrected chi connectivity index (χ2v) is 5.83. The minimum absolute atomic E-state index is 0.237. The van der Waals surface area contributed by atoms with E-state index in [-0.39, 0.29) is 18.4 Å². The maximum Gasteiger partial charge on any atom is 0.413 e. The number of carbonyl (C=O) groups is 2. The van der Waals surface area contributed by atoms with Gasteiger partial charge in [0.1, 0.15) is 17.6 Å². The number of amides is 2. The van der Waals surface area contributed by atoms with E-state index in [1.165, 1.54) is 0 Å². The largest absolute Gasteiger partial charge is 0.467 e. The van der Waals surface area contributed by atoms with Crippen molar-refractivity contribution in [3.05, 3.63) is 54.5 Å². The molecule has 0 saturated heterocycles. The SMILES string of the molecule is CC(C)C[C@H](NC(=O)Oc1ccccc1)C(=O)NCc1ccco1. The number of furan rings is 1. The molecule has 2 N–H and O–H groups in total. The van der Waals surface area contributed by atoms with Crippen molar-refractivity contribution in [2.45, 2.75) is 32.9 Å². The zero-order valence-electron chi connectivity index (χ0n) is 13.8. The molecule has 0 radical (unpaired) electrons. The summed E-state index contributed by atoms with van der Waals surface area (Å²) in [4.78, 5) is 24.3. The highest BCUT2D eigenvalue weighted by Gasteiger charge is 2.22. The molecular formula is C18H22N2O4. The standard InChI is InChI=1S/C18H22N2O4/c1-13(2)11-16(17(21)19-12-15-9-6-10-23-15)20-18(22)24-14-7-4-3-5-8-14/h3-10,13,16H,11-12H2,1-2H3,(H,19,21)(H,20,22)/t16-/m0/s1. The maximum absolute atomic E-state index is 12.3. The average molecular weight is 330 g/mol. The first-order valence-electron chi connectivity index (χ1n) is 7.88. The van der Waals surface area contributed by atoms with Crippen LogP contribution < -0.4 is 15.4 Å². The van der Waals surface area contributed by atoms with Gasteiger partial charge in [-0.3, -0.25) is 4.79 Å². The van der Waals surface area contributed by atoms with Gasteiger partial charge in [-0.15, -0.1) is 0 Å². The summed E-state index contributed by atoms with van der Waals surface area (Å²) >= 11 is 0. The van der Waals surface area contributed by atoms with Crippen LogP contribution in [0.2, 0.25) is 0 Å². The molecule has 0 aliphatic carbocycles. The van der Waals surface area contributed by atoms with E-state index in [1.54, 1.807) is 42.7 Å². The van der Waals surface area contributed by atoms with Crippen molar-refractivity contribution in [3.8, 4) is 5.75 Å². The second kappa shape index (κ2) is 8.76. The number of rotatable bonds is 7. The molecule has 0 fully saturated rings. The van der Waals surface area contributed by atoms with Crippen molar-refractivity contribution in [1.82, 2.24) is 10.6 Å². The van der Waals surface area contributed by atoms with Crippen molar-refractivity contribution >= 4 is 12.0 Å². The Hall–Kier alpha value is -2.76. The lowest BCUT2D eigenvalue weighted by Crippen LogP contribution is -2.48. The number of hydrogen-bond donors (Lipinski definition) is 2. The Morgan fingerprint density at radius 1 is 1.12 bits per heavy atom. The predicted molar refractivity (Wildman–Crippen MR) is 89.4 cm³/mol. The first kappa shape index (κ1) is 17.6. The number of para-hydroxylation sites is 1. The number of hydrogen-bond acceptors (Lipinski definition) is 4. The molecule has 128 valence electrons. The zero-order valence-corrected chi connectivity index (χ0v) is 13.8. The molecule has 1 aromatic heterocycles. The molecule has 6 nitrogen and oxygen atoms in total. The van der Waals surface area contributed by atoms with Gasteiger partial charge in [-0.1, -0.05) is 32.0 Å². The Bertz CT molecular complexity index is 638. The Kier molecular flexibility index (Phi) is 6.42. The van der Waals surface area contributed by atoms with Gasteiger partial charge in [0.15, 0.2) is 0 Å². The van der Waals surface area contributed by atoms with Crippen molar-refractivity contribution in [2.75, 3.05) is 0 Å². The van der Waals surface area contributed by atoms with E-state index in [0.29, 0.717) is 17.9 Å². The molecule has 0 bridgehead atoms. The number of benzene rings is 1. The van der Waals surface area contributed by atoms with Crippen LogP contribution in [0.4, 0.5) is 4.79 Å². The Balaban J connectivity index is 1.91. The van der Waals surface area contributed by atoms with Gasteiger partial charge >= 0.3 is 6.09 Å². The van der Waals surface area contributed by atoms with E-state index in [9.17, 15) is 9.59 Å². The fourth-order valence-corrected chi connectivity index (χ4v) is 2.18. The first-order chi connectivity index (χ1) is 11.5. The summed E-state index contributed by atoms with van der Waals surface area (Å²) < 4.78 is 10.4. The van der Waals surface area contributed by atoms with Crippen molar-refractivity contribution < 1.29 is 18.7 Å². The van der Waals surface area contributed by atoms with Crippen LogP contribution in [-0.4, -0.2) is 18.0 Å². The van der Waals surface area contributed by atoms with Gasteiger partial charge in [0, 0.05) is 0 Å². The summed E-state index contributed by atoms with van der Waals surface area (Å²) in [6, 6.07) is 11.6. The van der Waals surface area contributed by atoms with Crippen LogP contribution in [0.5, 0.6) is 5.75 Å². The van der Waals surface area contributed by atoms with Gasteiger partial charge in [-0.25, -0.2) is 4.79 Å². The second-order valence-electron chi connectivity index (χ2n) is 5.83. The van der Waals surface area contributed by atoms with Crippen molar-refractivity contribution in [1.29, 1.82) is 0 Å². The van der Waals surface area contributed by atoms with Crippen LogP contribution >= 0.6 is 0 Å². The Morgan fingerprint density at radius 3 is 2.50 bits per heavy atom. The molecule has 1 heterocycles. The van der Waals surface area contributed by atoms with Crippen LogP contribution in [0, 0.1) is 5.92 Å². The Morgan fingerprint density at radius 2 is 1.88 bits per heavy atom. The van der Waals surface area contributed by atoms with Crippen molar-refractivity contribution in [2.24, 2.45) is 5.92 Å². The van der Waals surface area contributed by atoms with E-state index < -0.39 is 12.1 Å². The van der Waals surface area contributed by atoms with Gasteiger partial charge < -0.3 is 19.8 Å². The van der Waals surface area contributed by atoms with E-state index in [1.807, 2.05) is 19.9 Å². The van der Waals surface area contributed by atoms with Crippen LogP contribution in [0.15, 0.2) is 53.1 Å². The van der Waals surface area contributed by atoms with E-state index in [4.69, 9.17) is 9.15 Å². The van der Waals surface area contributed by atoms with Crippen LogP contribution in [0.3, 0.4) is 0 Å². The fraction of sp³-hybridized carbons (Fsp3) is 0.333. The van der Waals surface area contributed by atoms with E-state index in [0.717, 1.165) is 0 Å². The third-order valence-corrected chi connectivity index (χ3v) is 3.29. The number of ether oxygens (including phenoxy) is 1. The molecule has 0 saturated carbocycles. The molecule has 6 heteroatoms. The summed E-state index contributed by atoms with van der Waals surface area (Å²) in [6.45, 7) is 4.24. The van der Waals surface area contributed by atoms with Gasteiger partial charge in [-0.2, -0.15) is 0 Å². The zero-order chi connectivity index (χ0) is 17.4. The molecule has 24 heavy (non-hydrogen) atoms. The monoisotopic (exact) mass is 330 g/mol. The molecule has 0 aliphatic rings. The van der Waals surface area contributed by atoms with Gasteiger partial charge in [0.2, 0.25) is 5.91 Å². The summed E-state index contributed by atoms with van der Waals surface area (Å²) in [5.74, 6) is 1.04. The van der Waals surface area contributed by atoms with Crippen molar-refractivity contribution in [3.63, 3.8) is 0 Å². The number of carbonyl (C=O) groups excluding carboxylic acids is 2. The lowest BCUT2D eigenvalue weighted by molar-refractivity contribution is -0.123. The average Bonchev–Trinajstić information content (AvgIpc) is 3.06. The molecular weight excluding hydrogens is 308 g/mol. The smallest absolute Gasteiger partial charge is 0.413 e. The van der Waals surface area contributed by atoms with Gasteiger partial charge in [0.25, 0.3) is 0 Å². The topological polar surface area (TPSA) is 80.6 Å². The van der Waals surface area contributed by atoms with Crippen LogP contribution in [0.1, 0.15) is 26.0 Å². The van der Waals surface area contributed by atoms with E-state index in [2.05, 4.69) is 10.6 Å². The van der Waals surface area contributed by atoms with Gasteiger partial charge in [-0.05, 0) is 36.6 Å². The molecule has 2 rings (SSSR count). The van der Waals surface area contributed by atoms with Crippen LogP contribution in [-0.2, 0) is 11.3 Å². The summed E-state index contributed by atoms with van der Waals surface area (Å²) in [6.07, 6.45) is 1.40. The molecule has 2 amide bonds. The fourth-order valence-electron chi connectivity index (χ4n) is 2.18. The predicted octanol–water partition coefficient (Wildman–Crippen LogP) is 3.10. The quantitative estimate of drug-likeness (QED) is 0.817. The van der Waals surface area contributed by atoms with E-state index >= 15 is 0 Å². The first-order valence-corrected chi connectivity index (χ1v) is 7.88. The molecule has 0 aliphatic heterocycles. The summed E-state index contributed by atoms with van der Waals surface area (Å²) in [5, 5.41) is 5.38. The molecule has 1 aromatic carbocycles. The molecule has 1 atom stereocenters. The van der Waals surface area contributed by atoms with Gasteiger partial charge in [0.05, 0.1) is 12.8 Å². The summed E-state index contributed by atoms with van der Waals surface area (Å²) in [7, 11) is 0. The highest BCUT2D eigenvalue weighted by Crippen LogP contribution is 2.10. The summed E-state index contributed by atoms with van der Waals surface area (Å²) in [5.41, 5.74) is 0. The lowest BCUT2D eigenvalue weighted by Gasteiger charge is -2.19. The van der Waals surface area contributed by atoms with Crippen LogP contribution in [0.25, 0.3) is 0 Å². The normalized spacial score (nSPS) is 11.8. The third-order valence-electron chi connectivity index (χ3n) is 3.29. The third kappa shape index (κ3) is 5.79. The Labute approximate surface area is 141 Å². The highest BCUT2D eigenvalue weighted by atomic mass is 16.6. The lowest BCUT2D eigenvalue weighted by atomic mass is 10.0. The maximum atomic E-state index is 12.3. The molecule has 0 unspecified atom stereocenters. The molecule has 0 spiro atoms. The number of nitrogens with one attached hydrogen (secondary N) is 2.